The van der Waals surface area contributed by atoms with Crippen molar-refractivity contribution in [2.24, 2.45) is 0 Å². The highest BCUT2D eigenvalue weighted by Crippen LogP contribution is 2.36. The lowest BCUT2D eigenvalue weighted by atomic mass is 10.0. The average molecular weight is 510 g/mol. The number of anilines is 1. The van der Waals surface area contributed by atoms with Gasteiger partial charge in [0.1, 0.15) is 23.2 Å². The largest absolute Gasteiger partial charge is 0.361 e. The monoisotopic (exact) mass is 509 g/mol. The molecule has 1 atom stereocenters. The van der Waals surface area contributed by atoms with Gasteiger partial charge in [0.25, 0.3) is 5.56 Å². The summed E-state index contributed by atoms with van der Waals surface area (Å²) in [4.78, 5) is 38.3. The first kappa shape index (κ1) is 22.7. The minimum Gasteiger partial charge on any atom is -0.361 e. The molecule has 9 nitrogen and oxygen atoms in total. The summed E-state index contributed by atoms with van der Waals surface area (Å²) in [5.41, 5.74) is 2.56. The van der Waals surface area contributed by atoms with Gasteiger partial charge in [-0.1, -0.05) is 48.0 Å². The number of fused-ring (bicyclic) bond motifs is 2. The van der Waals surface area contributed by atoms with Gasteiger partial charge in [0.2, 0.25) is 0 Å². The Kier molecular flexibility index (Phi) is 5.54. The predicted octanol–water partition coefficient (Wildman–Crippen LogP) is 4.84. The zero-order valence-corrected chi connectivity index (χ0v) is 20.3. The molecule has 3 N–H and O–H groups in total. The topological polar surface area (TPSA) is 121 Å². The van der Waals surface area contributed by atoms with Crippen LogP contribution in [0.5, 0.6) is 0 Å². The van der Waals surface area contributed by atoms with Crippen LogP contribution in [0.2, 0.25) is 5.02 Å². The molecule has 0 saturated carbocycles. The quantitative estimate of drug-likeness (QED) is 0.306. The van der Waals surface area contributed by atoms with E-state index in [-0.39, 0.29) is 11.0 Å². The van der Waals surface area contributed by atoms with E-state index in [0.717, 1.165) is 0 Å². The van der Waals surface area contributed by atoms with Crippen molar-refractivity contribution in [1.29, 1.82) is 0 Å². The number of para-hydroxylation sites is 1. The van der Waals surface area contributed by atoms with E-state index in [0.29, 0.717) is 55.3 Å². The molecule has 0 fully saturated rings. The summed E-state index contributed by atoms with van der Waals surface area (Å²) in [5, 5.41) is 12.1. The Morgan fingerprint density at radius 2 is 1.81 bits per heavy atom. The summed E-state index contributed by atoms with van der Waals surface area (Å²) >= 11 is 7.09. The molecule has 37 heavy (non-hydrogen) atoms. The van der Waals surface area contributed by atoms with E-state index in [1.165, 1.54) is 18.6 Å². The van der Waals surface area contributed by atoms with Crippen LogP contribution in [0.4, 0.5) is 5.82 Å². The standard InChI is InChI=1S/C27H20ClN7O2/c1-15(33-26-22-20(36)11-12-29-25(22)30-14-31-26)24-23(28)18-9-5-8-17(19-10-13-32-34-19)21(18)27(37)35(24)16-6-3-2-4-7-16/h2-15H,1H3,(H,32,34)(H2,29,30,31,33,36)/t15-/m0/s1. The number of H-pyrrole nitrogens is 2. The highest BCUT2D eigenvalue weighted by Gasteiger charge is 2.24. The van der Waals surface area contributed by atoms with E-state index in [1.807, 2.05) is 61.5 Å². The number of rotatable bonds is 5. The first-order valence-electron chi connectivity index (χ1n) is 11.6. The van der Waals surface area contributed by atoms with Gasteiger partial charge in [-0.25, -0.2) is 9.97 Å². The zero-order chi connectivity index (χ0) is 25.5. The van der Waals surface area contributed by atoms with Crippen molar-refractivity contribution in [3.63, 3.8) is 0 Å². The normalized spacial score (nSPS) is 12.2. The van der Waals surface area contributed by atoms with Crippen molar-refractivity contribution in [2.75, 3.05) is 5.32 Å². The Morgan fingerprint density at radius 1 is 0.973 bits per heavy atom. The lowest BCUT2D eigenvalue weighted by Crippen LogP contribution is -2.27. The van der Waals surface area contributed by atoms with Gasteiger partial charge in [0.05, 0.1) is 27.8 Å². The van der Waals surface area contributed by atoms with Crippen molar-refractivity contribution in [2.45, 2.75) is 13.0 Å². The molecule has 2 aromatic carbocycles. The number of hydrogen-bond donors (Lipinski definition) is 3. The first-order chi connectivity index (χ1) is 18.0. The van der Waals surface area contributed by atoms with Crippen molar-refractivity contribution in [3.05, 3.63) is 111 Å². The van der Waals surface area contributed by atoms with Crippen LogP contribution in [-0.2, 0) is 0 Å². The number of hydrogen-bond acceptors (Lipinski definition) is 6. The predicted molar refractivity (Wildman–Crippen MR) is 144 cm³/mol. The Morgan fingerprint density at radius 3 is 2.59 bits per heavy atom. The highest BCUT2D eigenvalue weighted by molar-refractivity contribution is 6.36. The number of aromatic nitrogens is 6. The van der Waals surface area contributed by atoms with Crippen LogP contribution in [0, 0.1) is 0 Å². The molecule has 0 spiro atoms. The van der Waals surface area contributed by atoms with Gasteiger partial charge >= 0.3 is 0 Å². The maximum absolute atomic E-state index is 14.2. The maximum Gasteiger partial charge on any atom is 0.264 e. The van der Waals surface area contributed by atoms with Crippen molar-refractivity contribution >= 4 is 39.2 Å². The molecule has 6 aromatic rings. The van der Waals surface area contributed by atoms with E-state index < -0.39 is 6.04 Å². The number of pyridine rings is 2. The molecule has 0 aliphatic rings. The van der Waals surface area contributed by atoms with Crippen LogP contribution in [-0.4, -0.2) is 29.7 Å². The van der Waals surface area contributed by atoms with Gasteiger partial charge in [-0.15, -0.1) is 0 Å². The second-order valence-corrected chi connectivity index (χ2v) is 8.91. The molecule has 10 heteroatoms. The summed E-state index contributed by atoms with van der Waals surface area (Å²) in [7, 11) is 0. The molecule has 0 aliphatic carbocycles. The van der Waals surface area contributed by atoms with E-state index in [2.05, 4.69) is 30.5 Å². The Balaban J connectivity index is 1.62. The molecule has 0 radical (unpaired) electrons. The summed E-state index contributed by atoms with van der Waals surface area (Å²) < 4.78 is 1.61. The van der Waals surface area contributed by atoms with Crippen molar-refractivity contribution in [3.8, 4) is 16.9 Å². The van der Waals surface area contributed by atoms with Crippen LogP contribution in [0.25, 0.3) is 38.8 Å². The summed E-state index contributed by atoms with van der Waals surface area (Å²) in [5.74, 6) is 0.341. The average Bonchev–Trinajstić information content (AvgIpc) is 3.46. The fourth-order valence-corrected chi connectivity index (χ4v) is 5.07. The smallest absolute Gasteiger partial charge is 0.264 e. The Labute approximate surface area is 214 Å². The number of aromatic amines is 2. The third kappa shape index (κ3) is 3.76. The molecular weight excluding hydrogens is 490 g/mol. The second-order valence-electron chi connectivity index (χ2n) is 8.53. The SMILES string of the molecule is C[C@H](Nc1ncnc2[nH]ccc(=O)c12)c1c(Cl)c2cccc(-c3ccn[nH]3)c2c(=O)n1-c1ccccc1. The van der Waals surface area contributed by atoms with Gasteiger partial charge in [0.15, 0.2) is 5.43 Å². The van der Waals surface area contributed by atoms with Crippen LogP contribution >= 0.6 is 11.6 Å². The molecule has 0 aliphatic heterocycles. The lowest BCUT2D eigenvalue weighted by molar-refractivity contribution is 0.774. The third-order valence-electron chi connectivity index (χ3n) is 6.30. The Hall–Kier alpha value is -4.76. The first-order valence-corrected chi connectivity index (χ1v) is 11.9. The van der Waals surface area contributed by atoms with Gasteiger partial charge in [-0.3, -0.25) is 19.3 Å². The maximum atomic E-state index is 14.2. The van der Waals surface area contributed by atoms with Gasteiger partial charge in [-0.05, 0) is 25.1 Å². The van der Waals surface area contributed by atoms with E-state index >= 15 is 0 Å². The molecule has 0 bridgehead atoms. The second kappa shape index (κ2) is 9.03. The van der Waals surface area contributed by atoms with E-state index in [4.69, 9.17) is 11.6 Å². The van der Waals surface area contributed by atoms with Gasteiger partial charge in [-0.2, -0.15) is 5.10 Å². The van der Waals surface area contributed by atoms with Crippen LogP contribution in [0.1, 0.15) is 18.7 Å². The number of nitrogens with one attached hydrogen (secondary N) is 3. The van der Waals surface area contributed by atoms with Crippen LogP contribution in [0.3, 0.4) is 0 Å². The van der Waals surface area contributed by atoms with E-state index in [9.17, 15) is 9.59 Å². The molecular formula is C27H20ClN7O2. The molecule has 4 heterocycles. The fraction of sp³-hybridized carbons (Fsp3) is 0.0741. The minimum absolute atomic E-state index is 0.224. The molecule has 0 amide bonds. The Bertz CT molecular complexity index is 1870. The molecule has 4 aromatic heterocycles. The fourth-order valence-electron chi connectivity index (χ4n) is 4.66. The van der Waals surface area contributed by atoms with Crippen LogP contribution in [0.15, 0.2) is 89.0 Å². The van der Waals surface area contributed by atoms with Crippen LogP contribution < -0.4 is 16.3 Å². The number of benzene rings is 2. The third-order valence-corrected chi connectivity index (χ3v) is 6.70. The summed E-state index contributed by atoms with van der Waals surface area (Å²) in [6.45, 7) is 1.87. The van der Waals surface area contributed by atoms with Crippen molar-refractivity contribution < 1.29 is 0 Å². The molecule has 6 rings (SSSR count). The minimum atomic E-state index is -0.515. The number of halogens is 1. The molecule has 0 saturated heterocycles. The summed E-state index contributed by atoms with van der Waals surface area (Å²) in [6.07, 6.45) is 4.55. The van der Waals surface area contributed by atoms with Gasteiger partial charge in [0, 0.05) is 35.1 Å². The molecule has 0 unspecified atom stereocenters. The van der Waals surface area contributed by atoms with Gasteiger partial charge < -0.3 is 10.3 Å². The summed E-state index contributed by atoms with van der Waals surface area (Å²) in [6, 6.07) is 17.6. The lowest BCUT2D eigenvalue weighted by Gasteiger charge is -2.24. The highest BCUT2D eigenvalue weighted by atomic mass is 35.5. The molecule has 182 valence electrons. The van der Waals surface area contributed by atoms with E-state index in [1.54, 1.807) is 10.8 Å². The van der Waals surface area contributed by atoms with Crippen molar-refractivity contribution in [1.82, 2.24) is 29.7 Å². The zero-order valence-electron chi connectivity index (χ0n) is 19.6. The number of nitrogens with zero attached hydrogens (tertiary/aromatic N) is 4.